The molecule has 0 unspecified atom stereocenters. The van der Waals surface area contributed by atoms with Gasteiger partial charge in [0.2, 0.25) is 0 Å². The zero-order chi connectivity index (χ0) is 23.1. The van der Waals surface area contributed by atoms with Gasteiger partial charge in [-0.05, 0) is 55.2 Å². The van der Waals surface area contributed by atoms with Crippen molar-refractivity contribution in [1.82, 2.24) is 0 Å². The number of hydrogen-bond donors (Lipinski definition) is 0. The lowest BCUT2D eigenvalue weighted by Crippen LogP contribution is -2.40. The van der Waals surface area contributed by atoms with Crippen LogP contribution in [0.2, 0.25) is 0 Å². The van der Waals surface area contributed by atoms with Gasteiger partial charge in [0.1, 0.15) is 5.60 Å². The first-order chi connectivity index (χ1) is 16.8. The first-order valence-electron chi connectivity index (χ1n) is 12.9. The molecule has 178 valence electrons. The Bertz CT molecular complexity index is 900. The van der Waals surface area contributed by atoms with Gasteiger partial charge in [0.05, 0.1) is 12.7 Å². The molecule has 2 fully saturated rings. The molecule has 2 saturated heterocycles. The Morgan fingerprint density at radius 3 is 1.82 bits per heavy atom. The topological polar surface area (TPSA) is 27.7 Å². The van der Waals surface area contributed by atoms with Crippen molar-refractivity contribution in [3.8, 4) is 0 Å². The van der Waals surface area contributed by atoms with Gasteiger partial charge in [-0.2, -0.15) is 0 Å². The first kappa shape index (κ1) is 23.3. The van der Waals surface area contributed by atoms with Crippen LogP contribution in [0.25, 0.3) is 0 Å². The minimum absolute atomic E-state index is 0.275. The Hall–Kier alpha value is -2.46. The van der Waals surface area contributed by atoms with Gasteiger partial charge >= 0.3 is 0 Å². The van der Waals surface area contributed by atoms with Crippen molar-refractivity contribution < 1.29 is 14.2 Å². The summed E-state index contributed by atoms with van der Waals surface area (Å²) in [5, 5.41) is 0. The minimum atomic E-state index is -0.632. The second kappa shape index (κ2) is 10.9. The Balaban J connectivity index is 1.30. The van der Waals surface area contributed by atoms with Gasteiger partial charge in [0.15, 0.2) is 5.79 Å². The molecule has 0 saturated carbocycles. The monoisotopic (exact) mass is 456 g/mol. The van der Waals surface area contributed by atoms with Crippen molar-refractivity contribution in [1.29, 1.82) is 0 Å². The molecule has 1 spiro atoms. The van der Waals surface area contributed by atoms with Gasteiger partial charge in [0, 0.05) is 19.4 Å². The van der Waals surface area contributed by atoms with Crippen molar-refractivity contribution in [3.05, 3.63) is 108 Å². The Kier molecular flexibility index (Phi) is 7.44. The van der Waals surface area contributed by atoms with Crippen LogP contribution >= 0.6 is 0 Å². The summed E-state index contributed by atoms with van der Waals surface area (Å²) in [6, 6.07) is 31.8. The molecular weight excluding hydrogens is 420 g/mol. The molecule has 0 amide bonds. The fourth-order valence-electron chi connectivity index (χ4n) is 5.65. The van der Waals surface area contributed by atoms with Crippen LogP contribution in [-0.2, 0) is 19.8 Å². The molecule has 0 radical (unpaired) electrons. The van der Waals surface area contributed by atoms with Gasteiger partial charge in [-0.1, -0.05) is 91.0 Å². The molecule has 0 N–H and O–H groups in total. The third-order valence-corrected chi connectivity index (χ3v) is 7.31. The van der Waals surface area contributed by atoms with Gasteiger partial charge in [-0.15, -0.1) is 0 Å². The average Bonchev–Trinajstić information content (AvgIpc) is 3.35. The predicted molar refractivity (Wildman–Crippen MR) is 136 cm³/mol. The van der Waals surface area contributed by atoms with Gasteiger partial charge in [-0.3, -0.25) is 0 Å². The maximum absolute atomic E-state index is 6.91. The number of rotatable bonds is 9. The van der Waals surface area contributed by atoms with E-state index in [1.54, 1.807) is 0 Å². The standard InChI is InChI=1S/C31H36O3/c1-4-14-26(15-5-1)31(27-16-6-2-7-17-27,28-18-8-3-9-19-28)33-24-11-10-20-29-21-12-22-30(34-29)23-13-25-32-30/h1-9,14-19,29H,10-13,20-25H2/t29-,30-/m1/s1. The third-order valence-electron chi connectivity index (χ3n) is 7.31. The van der Waals surface area contributed by atoms with Crippen LogP contribution in [-0.4, -0.2) is 25.1 Å². The Labute approximate surface area is 204 Å². The minimum Gasteiger partial charge on any atom is -0.361 e. The molecule has 34 heavy (non-hydrogen) atoms. The highest BCUT2D eigenvalue weighted by Gasteiger charge is 2.41. The maximum atomic E-state index is 6.91. The predicted octanol–water partition coefficient (Wildman–Crippen LogP) is 7.24. The molecule has 2 aliphatic heterocycles. The molecule has 0 bridgehead atoms. The number of benzene rings is 3. The fraction of sp³-hybridized carbons (Fsp3) is 0.419. The van der Waals surface area contributed by atoms with E-state index in [4.69, 9.17) is 14.2 Å². The Morgan fingerprint density at radius 1 is 0.735 bits per heavy atom. The second-order valence-electron chi connectivity index (χ2n) is 9.62. The SMILES string of the molecule is c1ccc(C(OCCCC[C@@H]2CCC[C@]3(CCCO3)O2)(c2ccccc2)c2ccccc2)cc1. The van der Waals surface area contributed by atoms with Crippen LogP contribution in [0.3, 0.4) is 0 Å². The van der Waals surface area contributed by atoms with E-state index >= 15 is 0 Å². The van der Waals surface area contributed by atoms with E-state index in [-0.39, 0.29) is 5.79 Å². The lowest BCUT2D eigenvalue weighted by molar-refractivity contribution is -0.258. The summed E-state index contributed by atoms with van der Waals surface area (Å²) in [7, 11) is 0. The van der Waals surface area contributed by atoms with Crippen molar-refractivity contribution in [2.45, 2.75) is 68.9 Å². The average molecular weight is 457 g/mol. The van der Waals surface area contributed by atoms with Crippen molar-refractivity contribution >= 4 is 0 Å². The zero-order valence-corrected chi connectivity index (χ0v) is 20.0. The van der Waals surface area contributed by atoms with Crippen molar-refractivity contribution in [3.63, 3.8) is 0 Å². The van der Waals surface area contributed by atoms with E-state index in [1.165, 1.54) is 6.42 Å². The van der Waals surface area contributed by atoms with Crippen LogP contribution in [0.5, 0.6) is 0 Å². The van der Waals surface area contributed by atoms with E-state index < -0.39 is 5.60 Å². The summed E-state index contributed by atoms with van der Waals surface area (Å²) >= 11 is 0. The highest BCUT2D eigenvalue weighted by atomic mass is 16.7. The summed E-state index contributed by atoms with van der Waals surface area (Å²) in [4.78, 5) is 0. The second-order valence-corrected chi connectivity index (χ2v) is 9.62. The third kappa shape index (κ3) is 4.98. The molecule has 2 aliphatic rings. The quantitative estimate of drug-likeness (QED) is 0.251. The van der Waals surface area contributed by atoms with E-state index in [2.05, 4.69) is 91.0 Å². The van der Waals surface area contributed by atoms with E-state index in [1.807, 2.05) is 0 Å². The van der Waals surface area contributed by atoms with Crippen molar-refractivity contribution in [2.24, 2.45) is 0 Å². The summed E-state index contributed by atoms with van der Waals surface area (Å²) in [5.74, 6) is -0.275. The van der Waals surface area contributed by atoms with Crippen LogP contribution in [0.1, 0.15) is 68.1 Å². The van der Waals surface area contributed by atoms with Gasteiger partial charge < -0.3 is 14.2 Å². The summed E-state index contributed by atoms with van der Waals surface area (Å²) in [6.07, 6.45) is 9.07. The smallest absolute Gasteiger partial charge is 0.168 e. The largest absolute Gasteiger partial charge is 0.361 e. The normalized spacial score (nSPS) is 22.8. The molecular formula is C31H36O3. The maximum Gasteiger partial charge on any atom is 0.168 e. The van der Waals surface area contributed by atoms with Crippen LogP contribution in [0.4, 0.5) is 0 Å². The van der Waals surface area contributed by atoms with Crippen LogP contribution in [0.15, 0.2) is 91.0 Å². The van der Waals surface area contributed by atoms with E-state index in [0.29, 0.717) is 12.7 Å². The molecule has 2 atom stereocenters. The summed E-state index contributed by atoms with van der Waals surface area (Å²) in [6.45, 7) is 1.54. The molecule has 5 rings (SSSR count). The van der Waals surface area contributed by atoms with E-state index in [0.717, 1.165) is 68.2 Å². The van der Waals surface area contributed by atoms with Crippen LogP contribution < -0.4 is 0 Å². The Morgan fingerprint density at radius 2 is 1.29 bits per heavy atom. The highest BCUT2D eigenvalue weighted by molar-refractivity contribution is 5.47. The zero-order valence-electron chi connectivity index (χ0n) is 20.0. The number of unbranched alkanes of at least 4 members (excludes halogenated alkanes) is 1. The first-order valence-corrected chi connectivity index (χ1v) is 12.9. The molecule has 3 aromatic carbocycles. The fourth-order valence-corrected chi connectivity index (χ4v) is 5.65. The number of hydrogen-bond acceptors (Lipinski definition) is 3. The molecule has 3 nitrogen and oxygen atoms in total. The lowest BCUT2D eigenvalue weighted by Gasteiger charge is -2.38. The van der Waals surface area contributed by atoms with Gasteiger partial charge in [-0.25, -0.2) is 0 Å². The molecule has 3 aromatic rings. The molecule has 2 heterocycles. The molecule has 0 aliphatic carbocycles. The molecule has 3 heteroatoms. The summed E-state index contributed by atoms with van der Waals surface area (Å²) < 4.78 is 19.3. The lowest BCUT2D eigenvalue weighted by atomic mass is 9.80. The van der Waals surface area contributed by atoms with Crippen LogP contribution in [0, 0.1) is 0 Å². The van der Waals surface area contributed by atoms with Gasteiger partial charge in [0.25, 0.3) is 0 Å². The highest BCUT2D eigenvalue weighted by Crippen LogP contribution is 2.41. The van der Waals surface area contributed by atoms with E-state index in [9.17, 15) is 0 Å². The van der Waals surface area contributed by atoms with Crippen molar-refractivity contribution in [2.75, 3.05) is 13.2 Å². The number of ether oxygens (including phenoxy) is 3. The molecule has 0 aromatic heterocycles. The summed E-state index contributed by atoms with van der Waals surface area (Å²) in [5.41, 5.74) is 2.84.